The summed E-state index contributed by atoms with van der Waals surface area (Å²) in [6, 6.07) is 161. The molecule has 150 heavy (non-hydrogen) atoms. The fourth-order valence-electron chi connectivity index (χ4n) is 16.6. The molecule has 6 aliphatic carbocycles. The van der Waals surface area contributed by atoms with Gasteiger partial charge in [0.15, 0.2) is 0 Å². The Bertz CT molecular complexity index is 5070. The van der Waals surface area contributed by atoms with Crippen molar-refractivity contribution in [2.24, 2.45) is 0 Å². The molecule has 0 nitrogen and oxygen atoms in total. The van der Waals surface area contributed by atoms with Gasteiger partial charge < -0.3 is 0 Å². The van der Waals surface area contributed by atoms with Crippen LogP contribution in [0.1, 0.15) is 154 Å². The Labute approximate surface area is 986 Å². The molecule has 0 aliphatic heterocycles. The summed E-state index contributed by atoms with van der Waals surface area (Å²) in [5.74, 6) is 0. The van der Waals surface area contributed by atoms with E-state index in [2.05, 4.69) is 437 Å². The van der Waals surface area contributed by atoms with Crippen LogP contribution in [0.4, 0.5) is 0 Å². The SMILES string of the molecule is C1=C\CC/C=C\CC/1.C1=C\CC/C=C\CC/1.C1=C\CC/C=C\CC/1.C1=C\CC/C=C\CC/1.C1=C\CC/C=C\CC/1.C1=C\CC/C=C\CC/1.[Pt+2].[Pt+2].[Pt+2].[Pt+2].[Pt+2].[Pt+2].[c-]1ccc(-c2cc(-c3cc[c-]cc3)cc(-c3cc[c-]cc3)c2)cc1.[c-]1ccc(-c2cc(-c3cc[c-]cc3)cc(-c3cc[c-]cc3)c2)cc1.[c-]1ccc(-c2cc(-c3cc[c-]cc3)cc(-c3cc[c-]cc3)c2)cc1.[c-]1ccc(-c2cc(-c3cc[c-]cc3)cc(-c3cc[c-]cc3)c2)cc1. The standard InChI is InChI=1S/4C24H15.6C8H12.6Pt/c4*1-4-10-19(11-5-1)22-16-23(20-12-6-2-7-13-20)18-24(17-22)21-14-8-3-9-15-21;6*1-2-4-6-8-7-5-3-1;;;;;;/h4*4-18H;6*1-2,7-8H,3-6H2;;;;;;/q4*-3;;;;;;;6*+2/b;;;;6*2-1-,8-7-;;;;;;. The first-order valence-electron chi connectivity index (χ1n) is 51.6. The number of rotatable bonds is 12. The Kier molecular flexibility index (Phi) is 65.8. The number of hydrogen-bond acceptors (Lipinski definition) is 0. The summed E-state index contributed by atoms with van der Waals surface area (Å²) in [6.45, 7) is 0. The molecule has 16 aromatic rings. The molecule has 0 amide bonds. The van der Waals surface area contributed by atoms with E-state index in [9.17, 15) is 0 Å². The predicted molar refractivity (Wildman–Crippen MR) is 618 cm³/mol. The van der Waals surface area contributed by atoms with E-state index in [-0.39, 0.29) is 126 Å². The third kappa shape index (κ3) is 48.0. The zero-order chi connectivity index (χ0) is 98.7. The first kappa shape index (κ1) is 125. The van der Waals surface area contributed by atoms with Crippen molar-refractivity contribution >= 4 is 0 Å². The fraction of sp³-hybridized carbons (Fsp3) is 0.167. The smallest absolute Gasteiger partial charge is 0.184 e. The molecule has 0 saturated heterocycles. The van der Waals surface area contributed by atoms with Gasteiger partial charge in [-0.05, 0) is 221 Å². The first-order chi connectivity index (χ1) is 71.6. The van der Waals surface area contributed by atoms with Gasteiger partial charge in [0, 0.05) is 0 Å². The summed E-state index contributed by atoms with van der Waals surface area (Å²) >= 11 is 0. The second-order valence-corrected chi connectivity index (χ2v) is 35.2. The normalized spacial score (nSPS) is 15.7. The maximum atomic E-state index is 3.09. The molecule has 0 bridgehead atoms. The largest absolute Gasteiger partial charge is 2.00 e. The van der Waals surface area contributed by atoms with Crippen molar-refractivity contribution in [3.63, 3.8) is 0 Å². The van der Waals surface area contributed by atoms with Gasteiger partial charge in [-0.15, -0.1) is 66.8 Å². The molecule has 0 spiro atoms. The van der Waals surface area contributed by atoms with E-state index in [1.807, 2.05) is 146 Å². The summed E-state index contributed by atoms with van der Waals surface area (Å²) in [7, 11) is 0. The Balaban J connectivity index is 0.000000233. The second-order valence-electron chi connectivity index (χ2n) is 35.2. The number of benzene rings is 16. The monoisotopic (exact) mass is 3030 g/mol. The van der Waals surface area contributed by atoms with Gasteiger partial charge >= 0.3 is 126 Å². The van der Waals surface area contributed by atoms with Crippen LogP contribution in [-0.2, 0) is 126 Å². The zero-order valence-corrected chi connectivity index (χ0v) is 99.0. The zero-order valence-electron chi connectivity index (χ0n) is 85.4. The predicted octanol–water partition coefficient (Wildman–Crippen LogP) is 40.4. The van der Waals surface area contributed by atoms with Crippen molar-refractivity contribution in [1.29, 1.82) is 0 Å². The molecule has 0 aromatic heterocycles. The van der Waals surface area contributed by atoms with Crippen LogP contribution >= 0.6 is 0 Å². The summed E-state index contributed by atoms with van der Waals surface area (Å²) in [5, 5.41) is 0. The van der Waals surface area contributed by atoms with Gasteiger partial charge in [0.25, 0.3) is 0 Å². The van der Waals surface area contributed by atoms with Gasteiger partial charge in [-0.3, -0.25) is 0 Å². The molecule has 16 aromatic carbocycles. The summed E-state index contributed by atoms with van der Waals surface area (Å²) in [4.78, 5) is 0. The quantitative estimate of drug-likeness (QED) is 0.0845. The van der Waals surface area contributed by atoms with Crippen molar-refractivity contribution in [2.75, 3.05) is 0 Å². The Hall–Kier alpha value is -11.5. The minimum Gasteiger partial charge on any atom is -0.184 e. The minimum absolute atomic E-state index is 0. The van der Waals surface area contributed by atoms with E-state index >= 15 is 0 Å². The molecule has 6 aliphatic rings. The van der Waals surface area contributed by atoms with Crippen molar-refractivity contribution < 1.29 is 126 Å². The molecule has 0 heterocycles. The summed E-state index contributed by atoms with van der Waals surface area (Å²) in [6.07, 6.45) is 84.0. The average Bonchev–Trinajstić information content (AvgIpc) is 0.818. The number of allylic oxidation sites excluding steroid dienone is 24. The Morgan fingerprint density at radius 2 is 0.133 bits per heavy atom. The average molecular weight is 3030 g/mol. The van der Waals surface area contributed by atoms with Gasteiger partial charge in [-0.2, -0.15) is 364 Å². The van der Waals surface area contributed by atoms with Crippen LogP contribution in [0, 0.1) is 72.8 Å². The maximum absolute atomic E-state index is 3.09. The molecule has 22 rings (SSSR count). The van der Waals surface area contributed by atoms with Gasteiger partial charge in [-0.25, -0.2) is 0 Å². The molecule has 768 valence electrons. The van der Waals surface area contributed by atoms with Crippen molar-refractivity contribution in [3.8, 4) is 134 Å². The first-order valence-corrected chi connectivity index (χ1v) is 51.6. The van der Waals surface area contributed by atoms with Crippen LogP contribution in [0.15, 0.2) is 510 Å². The van der Waals surface area contributed by atoms with Crippen LogP contribution in [0.25, 0.3) is 134 Å². The van der Waals surface area contributed by atoms with Gasteiger partial charge in [0.1, 0.15) is 0 Å². The van der Waals surface area contributed by atoms with Gasteiger partial charge in [-0.1, -0.05) is 219 Å². The molecular formula is C144H132Pt6. The molecule has 6 heteroatoms. The molecule has 0 saturated carbocycles. The van der Waals surface area contributed by atoms with E-state index in [1.54, 1.807) is 0 Å². The van der Waals surface area contributed by atoms with Crippen LogP contribution < -0.4 is 0 Å². The van der Waals surface area contributed by atoms with Crippen LogP contribution in [0.5, 0.6) is 0 Å². The van der Waals surface area contributed by atoms with Crippen molar-refractivity contribution in [1.82, 2.24) is 0 Å². The number of hydrogen-bond donors (Lipinski definition) is 0. The maximum Gasteiger partial charge on any atom is 2.00 e. The van der Waals surface area contributed by atoms with E-state index in [0.717, 1.165) is 0 Å². The topological polar surface area (TPSA) is 0 Å². The Morgan fingerprint density at radius 3 is 0.187 bits per heavy atom. The molecule has 0 fully saturated rings. The van der Waals surface area contributed by atoms with Crippen molar-refractivity contribution in [2.45, 2.75) is 154 Å². The molecule has 0 N–H and O–H groups in total. The third-order valence-electron chi connectivity index (χ3n) is 24.4. The van der Waals surface area contributed by atoms with Crippen LogP contribution in [-0.4, -0.2) is 0 Å². The van der Waals surface area contributed by atoms with Gasteiger partial charge in [0.05, 0.1) is 0 Å². The van der Waals surface area contributed by atoms with Crippen LogP contribution in [0.2, 0.25) is 0 Å². The Morgan fingerprint density at radius 1 is 0.0800 bits per heavy atom. The van der Waals surface area contributed by atoms with Gasteiger partial charge in [0.2, 0.25) is 0 Å². The van der Waals surface area contributed by atoms with E-state index in [0.29, 0.717) is 0 Å². The van der Waals surface area contributed by atoms with E-state index in [4.69, 9.17) is 0 Å². The van der Waals surface area contributed by atoms with Crippen molar-refractivity contribution in [3.05, 3.63) is 583 Å². The summed E-state index contributed by atoms with van der Waals surface area (Å²) < 4.78 is 0. The fourth-order valence-corrected chi connectivity index (χ4v) is 16.6. The molecule has 0 atom stereocenters. The third-order valence-corrected chi connectivity index (χ3v) is 24.4. The second kappa shape index (κ2) is 78.7. The van der Waals surface area contributed by atoms with E-state index < -0.39 is 0 Å². The van der Waals surface area contributed by atoms with Crippen LogP contribution in [0.3, 0.4) is 0 Å². The molecular weight excluding hydrogens is 2900 g/mol. The van der Waals surface area contributed by atoms with E-state index in [1.165, 1.54) is 288 Å². The molecule has 0 radical (unpaired) electrons. The minimum atomic E-state index is 0. The summed E-state index contributed by atoms with van der Waals surface area (Å²) in [5.41, 5.74) is 28.8. The molecule has 0 unspecified atom stereocenters.